The van der Waals surface area contributed by atoms with Gasteiger partial charge in [0.1, 0.15) is 17.6 Å². The largest absolute Gasteiger partial charge is 0.465 e. The zero-order valence-electron chi connectivity index (χ0n) is 22.6. The molecule has 1 N–H and O–H groups in total. The molecule has 0 aliphatic carbocycles. The van der Waals surface area contributed by atoms with Gasteiger partial charge in [-0.25, -0.2) is 0 Å². The summed E-state index contributed by atoms with van der Waals surface area (Å²) in [4.78, 5) is 45.0. The molecule has 2 amide bonds. The van der Waals surface area contributed by atoms with E-state index in [0.29, 0.717) is 19.4 Å². The van der Waals surface area contributed by atoms with Crippen LogP contribution in [-0.4, -0.2) is 81.8 Å². The monoisotopic (exact) mass is 504 g/mol. The van der Waals surface area contributed by atoms with Crippen LogP contribution in [0.5, 0.6) is 0 Å². The van der Waals surface area contributed by atoms with E-state index in [1.54, 1.807) is 24.0 Å². The zero-order valence-corrected chi connectivity index (χ0v) is 22.6. The van der Waals surface area contributed by atoms with Crippen molar-refractivity contribution in [3.63, 3.8) is 0 Å². The molecular weight excluding hydrogens is 460 g/mol. The van der Waals surface area contributed by atoms with Gasteiger partial charge in [-0.2, -0.15) is 0 Å². The average Bonchev–Trinajstić information content (AvgIpc) is 3.36. The van der Waals surface area contributed by atoms with Crippen LogP contribution in [0.25, 0.3) is 0 Å². The van der Waals surface area contributed by atoms with E-state index < -0.39 is 41.1 Å². The first-order valence-electron chi connectivity index (χ1n) is 13.4. The third kappa shape index (κ3) is 4.40. The minimum Gasteiger partial charge on any atom is -0.465 e. The van der Waals surface area contributed by atoms with Crippen LogP contribution >= 0.6 is 0 Å². The Morgan fingerprint density at radius 1 is 1.33 bits per heavy atom. The molecule has 0 aromatic heterocycles. The molecule has 0 aromatic rings. The standard InChI is InChI=1S/C28H44N2O6/c1-8-11-12-15-35-26(34)22-21-24(32)30(20(6)17-31)23(28(21)16-18(4)27(22,7)36-28)25(33)29(14-10-3)19(5)13-9-2/h8,10,18-23,31H,1,3,9,11-17H2,2,4-7H3/t18?,19?,20-,21+,22-,23?,27+,28?/m1/s1. The Balaban J connectivity index is 2.06. The average molecular weight is 505 g/mol. The summed E-state index contributed by atoms with van der Waals surface area (Å²) in [5.41, 5.74) is -2.07. The fourth-order valence-electron chi connectivity index (χ4n) is 6.72. The number of nitrogens with zero attached hydrogens (tertiary/aromatic N) is 2. The molecule has 0 radical (unpaired) electrons. The Morgan fingerprint density at radius 3 is 2.61 bits per heavy atom. The van der Waals surface area contributed by atoms with Gasteiger partial charge < -0.3 is 24.4 Å². The van der Waals surface area contributed by atoms with Crippen LogP contribution < -0.4 is 0 Å². The van der Waals surface area contributed by atoms with Gasteiger partial charge in [0.25, 0.3) is 0 Å². The van der Waals surface area contributed by atoms with Crippen molar-refractivity contribution in [2.24, 2.45) is 17.8 Å². The second-order valence-electron chi connectivity index (χ2n) is 11.0. The quantitative estimate of drug-likeness (QED) is 0.235. The van der Waals surface area contributed by atoms with E-state index in [1.807, 2.05) is 20.8 Å². The number of carbonyl (C=O) groups is 3. The van der Waals surface area contributed by atoms with Crippen LogP contribution in [0.3, 0.4) is 0 Å². The van der Waals surface area contributed by atoms with Crippen molar-refractivity contribution in [3.05, 3.63) is 25.3 Å². The third-order valence-corrected chi connectivity index (χ3v) is 8.62. The predicted molar refractivity (Wildman–Crippen MR) is 137 cm³/mol. The summed E-state index contributed by atoms with van der Waals surface area (Å²) in [5.74, 6) is -2.71. The van der Waals surface area contributed by atoms with Crippen molar-refractivity contribution in [1.82, 2.24) is 9.80 Å². The Bertz CT molecular complexity index is 876. The highest BCUT2D eigenvalue weighted by Crippen LogP contribution is 2.65. The normalized spacial score (nSPS) is 34.3. The number of ether oxygens (including phenoxy) is 2. The molecule has 8 atom stereocenters. The minimum absolute atomic E-state index is 0.0606. The van der Waals surface area contributed by atoms with Gasteiger partial charge in [-0.1, -0.05) is 32.4 Å². The molecule has 0 aromatic carbocycles. The molecule has 3 rings (SSSR count). The van der Waals surface area contributed by atoms with Crippen molar-refractivity contribution >= 4 is 17.8 Å². The highest BCUT2D eigenvalue weighted by molar-refractivity contribution is 5.99. The summed E-state index contributed by atoms with van der Waals surface area (Å²) in [6.07, 6.45) is 7.03. The van der Waals surface area contributed by atoms with Gasteiger partial charge in [0.05, 0.1) is 30.8 Å². The Labute approximate surface area is 215 Å². The predicted octanol–water partition coefficient (Wildman–Crippen LogP) is 3.09. The molecule has 2 bridgehead atoms. The lowest BCUT2D eigenvalue weighted by Crippen LogP contribution is -2.59. The van der Waals surface area contributed by atoms with Crippen molar-refractivity contribution < 1.29 is 29.0 Å². The van der Waals surface area contributed by atoms with Gasteiger partial charge in [0, 0.05) is 12.6 Å². The van der Waals surface area contributed by atoms with Crippen LogP contribution in [0.1, 0.15) is 66.7 Å². The van der Waals surface area contributed by atoms with Gasteiger partial charge in [-0.15, -0.1) is 13.2 Å². The van der Waals surface area contributed by atoms with Crippen LogP contribution in [0.15, 0.2) is 25.3 Å². The molecule has 3 fully saturated rings. The SMILES string of the molecule is C=CCCCOC(=O)[C@H]1[C@H]2C(=O)N([C@H](C)CO)C(C(=O)N(CC=C)C(C)CCC)C23CC(C)[C@]1(C)O3. The van der Waals surface area contributed by atoms with Crippen LogP contribution in [0.2, 0.25) is 0 Å². The van der Waals surface area contributed by atoms with E-state index in [2.05, 4.69) is 20.1 Å². The van der Waals surface area contributed by atoms with E-state index in [9.17, 15) is 19.5 Å². The van der Waals surface area contributed by atoms with Crippen LogP contribution in [0, 0.1) is 17.8 Å². The molecule has 3 heterocycles. The fraction of sp³-hybridized carbons (Fsp3) is 0.750. The molecule has 3 aliphatic rings. The highest BCUT2D eigenvalue weighted by Gasteiger charge is 2.80. The Kier molecular flexibility index (Phi) is 8.71. The summed E-state index contributed by atoms with van der Waals surface area (Å²) >= 11 is 0. The maximum atomic E-state index is 14.3. The molecule has 4 unspecified atom stereocenters. The molecule has 3 aliphatic heterocycles. The molecule has 0 saturated carbocycles. The number of hydrogen-bond acceptors (Lipinski definition) is 6. The number of carbonyl (C=O) groups excluding carboxylic acids is 3. The number of aliphatic hydroxyl groups is 1. The number of rotatable bonds is 13. The number of unbranched alkanes of at least 4 members (excludes halogenated alkanes) is 1. The zero-order chi connectivity index (χ0) is 26.8. The lowest BCUT2D eigenvalue weighted by Gasteiger charge is -2.40. The number of aliphatic hydroxyl groups excluding tert-OH is 1. The lowest BCUT2D eigenvalue weighted by atomic mass is 9.62. The summed E-state index contributed by atoms with van der Waals surface area (Å²) < 4.78 is 12.3. The van der Waals surface area contributed by atoms with Crippen LogP contribution in [0.4, 0.5) is 0 Å². The number of likely N-dealkylation sites (tertiary alicyclic amines) is 1. The van der Waals surface area contributed by atoms with E-state index in [0.717, 1.165) is 19.3 Å². The number of fused-ring (bicyclic) bond motifs is 1. The van der Waals surface area contributed by atoms with Gasteiger partial charge in [-0.3, -0.25) is 14.4 Å². The molecule has 8 heteroatoms. The first-order chi connectivity index (χ1) is 17.0. The third-order valence-electron chi connectivity index (χ3n) is 8.62. The van der Waals surface area contributed by atoms with E-state index >= 15 is 0 Å². The molecule has 3 saturated heterocycles. The van der Waals surface area contributed by atoms with Gasteiger partial charge >= 0.3 is 5.97 Å². The second kappa shape index (κ2) is 11.1. The fourth-order valence-corrected chi connectivity index (χ4v) is 6.72. The molecule has 8 nitrogen and oxygen atoms in total. The minimum atomic E-state index is -1.15. The van der Waals surface area contributed by atoms with Crippen molar-refractivity contribution in [3.8, 4) is 0 Å². The van der Waals surface area contributed by atoms with Crippen LogP contribution in [-0.2, 0) is 23.9 Å². The summed E-state index contributed by atoms with van der Waals surface area (Å²) in [6.45, 7) is 17.5. The smallest absolute Gasteiger partial charge is 0.312 e. The first-order valence-corrected chi connectivity index (χ1v) is 13.4. The van der Waals surface area contributed by atoms with E-state index in [-0.39, 0.29) is 37.0 Å². The van der Waals surface area contributed by atoms with Gasteiger partial charge in [0.15, 0.2) is 0 Å². The second-order valence-corrected chi connectivity index (χ2v) is 11.0. The number of esters is 1. The van der Waals surface area contributed by atoms with E-state index in [4.69, 9.17) is 9.47 Å². The van der Waals surface area contributed by atoms with E-state index in [1.165, 1.54) is 4.90 Å². The maximum Gasteiger partial charge on any atom is 0.312 e. The van der Waals surface area contributed by atoms with Gasteiger partial charge in [0.2, 0.25) is 11.8 Å². The summed E-state index contributed by atoms with van der Waals surface area (Å²) in [5, 5.41) is 10.0. The molecular formula is C28H44N2O6. The number of hydrogen-bond donors (Lipinski definition) is 1. The highest BCUT2D eigenvalue weighted by atomic mass is 16.6. The topological polar surface area (TPSA) is 96.4 Å². The van der Waals surface area contributed by atoms with Gasteiger partial charge in [-0.05, 0) is 52.4 Å². The Morgan fingerprint density at radius 2 is 2.03 bits per heavy atom. The van der Waals surface area contributed by atoms with Crippen molar-refractivity contribution in [2.45, 2.75) is 96.1 Å². The summed E-state index contributed by atoms with van der Waals surface area (Å²) in [7, 11) is 0. The molecule has 1 spiro atoms. The number of amides is 2. The van der Waals surface area contributed by atoms with Crippen molar-refractivity contribution in [2.75, 3.05) is 19.8 Å². The molecule has 36 heavy (non-hydrogen) atoms. The lowest BCUT2D eigenvalue weighted by molar-refractivity contribution is -0.164. The maximum absolute atomic E-state index is 14.3. The number of allylic oxidation sites excluding steroid dienone is 1. The Hall–Kier alpha value is -2.19. The molecule has 202 valence electrons. The van der Waals surface area contributed by atoms with Crippen molar-refractivity contribution in [1.29, 1.82) is 0 Å². The summed E-state index contributed by atoms with van der Waals surface area (Å²) in [6, 6.07) is -1.60. The first kappa shape index (κ1) is 28.4.